The van der Waals surface area contributed by atoms with Crippen molar-refractivity contribution in [2.75, 3.05) is 6.54 Å². The second kappa shape index (κ2) is 7.46. The van der Waals surface area contributed by atoms with E-state index in [4.69, 9.17) is 0 Å². The Kier molecular flexibility index (Phi) is 5.33. The Labute approximate surface area is 120 Å². The summed E-state index contributed by atoms with van der Waals surface area (Å²) in [6, 6.07) is 15.8. The first-order valence-electron chi connectivity index (χ1n) is 6.76. The van der Waals surface area contributed by atoms with Crippen LogP contribution in [0.15, 0.2) is 67.5 Å². The molecule has 0 bridgehead atoms. The molecule has 0 spiro atoms. The first kappa shape index (κ1) is 14.3. The van der Waals surface area contributed by atoms with Gasteiger partial charge in [0.1, 0.15) is 0 Å². The lowest BCUT2D eigenvalue weighted by Crippen LogP contribution is -2.29. The Morgan fingerprint density at radius 2 is 1.90 bits per heavy atom. The van der Waals surface area contributed by atoms with Crippen molar-refractivity contribution in [3.63, 3.8) is 0 Å². The van der Waals surface area contributed by atoms with E-state index in [2.05, 4.69) is 11.6 Å². The topological polar surface area (TPSA) is 36.4 Å². The van der Waals surface area contributed by atoms with Gasteiger partial charge in [-0.2, -0.15) is 0 Å². The molecule has 20 heavy (non-hydrogen) atoms. The van der Waals surface area contributed by atoms with Crippen molar-refractivity contribution in [2.24, 2.45) is 0 Å². The van der Waals surface area contributed by atoms with Crippen molar-refractivity contribution < 1.29 is 5.11 Å². The van der Waals surface area contributed by atoms with Gasteiger partial charge < -0.3 is 10.0 Å². The molecule has 0 radical (unpaired) electrons. The molecule has 3 nitrogen and oxygen atoms in total. The van der Waals surface area contributed by atoms with E-state index < -0.39 is 6.10 Å². The fourth-order valence-corrected chi connectivity index (χ4v) is 2.12. The fraction of sp³-hybridized carbons (Fsp3) is 0.235. The zero-order valence-corrected chi connectivity index (χ0v) is 11.5. The van der Waals surface area contributed by atoms with Gasteiger partial charge >= 0.3 is 0 Å². The minimum Gasteiger partial charge on any atom is -0.391 e. The predicted molar refractivity (Wildman–Crippen MR) is 81.0 cm³/mol. The molecule has 0 amide bonds. The van der Waals surface area contributed by atoms with E-state index in [-0.39, 0.29) is 0 Å². The number of pyridine rings is 1. The number of nitrogens with zero attached hydrogens (tertiary/aromatic N) is 2. The van der Waals surface area contributed by atoms with Crippen molar-refractivity contribution in [2.45, 2.75) is 19.1 Å². The van der Waals surface area contributed by atoms with Crippen LogP contribution in [0.5, 0.6) is 0 Å². The maximum atomic E-state index is 10.2. The van der Waals surface area contributed by atoms with Crippen LogP contribution in [0.2, 0.25) is 0 Å². The number of rotatable bonds is 7. The quantitative estimate of drug-likeness (QED) is 0.838. The van der Waals surface area contributed by atoms with Gasteiger partial charge in [0.05, 0.1) is 18.3 Å². The van der Waals surface area contributed by atoms with Crippen LogP contribution in [0.1, 0.15) is 11.3 Å². The Morgan fingerprint density at radius 3 is 2.55 bits per heavy atom. The zero-order chi connectivity index (χ0) is 14.2. The van der Waals surface area contributed by atoms with E-state index in [1.165, 1.54) is 0 Å². The first-order valence-corrected chi connectivity index (χ1v) is 6.76. The van der Waals surface area contributed by atoms with Gasteiger partial charge in [0.2, 0.25) is 0 Å². The van der Waals surface area contributed by atoms with Crippen molar-refractivity contribution in [3.8, 4) is 0 Å². The largest absolute Gasteiger partial charge is 0.391 e. The Hall–Kier alpha value is -2.13. The van der Waals surface area contributed by atoms with E-state index >= 15 is 0 Å². The highest BCUT2D eigenvalue weighted by molar-refractivity contribution is 5.15. The number of aromatic nitrogens is 1. The van der Waals surface area contributed by atoms with Crippen LogP contribution < -0.4 is 0 Å². The molecule has 1 heterocycles. The monoisotopic (exact) mass is 268 g/mol. The van der Waals surface area contributed by atoms with Gasteiger partial charge in [0.15, 0.2) is 0 Å². The minimum absolute atomic E-state index is 0.417. The summed E-state index contributed by atoms with van der Waals surface area (Å²) in [6.45, 7) is 5.02. The Morgan fingerprint density at radius 1 is 1.15 bits per heavy atom. The molecule has 0 aliphatic rings. The molecule has 2 aromatic rings. The normalized spacial score (nSPS) is 11.8. The summed E-state index contributed by atoms with van der Waals surface area (Å²) in [4.78, 5) is 6.27. The van der Waals surface area contributed by atoms with E-state index in [1.54, 1.807) is 12.4 Å². The van der Waals surface area contributed by atoms with Gasteiger partial charge in [-0.05, 0) is 23.9 Å². The third kappa shape index (κ3) is 4.52. The van der Waals surface area contributed by atoms with E-state index in [9.17, 15) is 5.11 Å². The molecule has 2 rings (SSSR count). The van der Waals surface area contributed by atoms with Crippen molar-refractivity contribution in [1.29, 1.82) is 0 Å². The standard InChI is InChI=1S/C17H20N2O/c1-2-19(13-16-10-6-7-11-18-16)14-17(20)12-15-8-4-3-5-9-15/h2-11,17,20H,1,12-14H2. The average Bonchev–Trinajstić information content (AvgIpc) is 2.48. The summed E-state index contributed by atoms with van der Waals surface area (Å²) in [7, 11) is 0. The van der Waals surface area contributed by atoms with E-state index in [1.807, 2.05) is 53.4 Å². The summed E-state index contributed by atoms with van der Waals surface area (Å²) >= 11 is 0. The molecule has 0 saturated heterocycles. The van der Waals surface area contributed by atoms with Crippen LogP contribution in [-0.2, 0) is 13.0 Å². The van der Waals surface area contributed by atoms with Gasteiger partial charge in [0.25, 0.3) is 0 Å². The van der Waals surface area contributed by atoms with Crippen LogP contribution in [0.25, 0.3) is 0 Å². The smallest absolute Gasteiger partial charge is 0.0755 e. The van der Waals surface area contributed by atoms with E-state index in [0.29, 0.717) is 19.5 Å². The summed E-state index contributed by atoms with van der Waals surface area (Å²) in [5.41, 5.74) is 2.11. The molecule has 1 atom stereocenters. The summed E-state index contributed by atoms with van der Waals surface area (Å²) in [5.74, 6) is 0. The average molecular weight is 268 g/mol. The second-order valence-corrected chi connectivity index (χ2v) is 4.78. The van der Waals surface area contributed by atoms with Gasteiger partial charge in [-0.25, -0.2) is 0 Å². The molecule has 0 aliphatic heterocycles. The van der Waals surface area contributed by atoms with Crippen LogP contribution in [0.3, 0.4) is 0 Å². The fourth-order valence-electron chi connectivity index (χ4n) is 2.12. The molecule has 0 fully saturated rings. The zero-order valence-electron chi connectivity index (χ0n) is 11.5. The molecule has 0 saturated carbocycles. The number of hydrogen-bond donors (Lipinski definition) is 1. The lowest BCUT2D eigenvalue weighted by molar-refractivity contribution is 0.131. The highest BCUT2D eigenvalue weighted by Gasteiger charge is 2.10. The molecule has 1 N–H and O–H groups in total. The Balaban J connectivity index is 1.88. The van der Waals surface area contributed by atoms with Gasteiger partial charge in [-0.3, -0.25) is 4.98 Å². The third-order valence-corrected chi connectivity index (χ3v) is 3.11. The highest BCUT2D eigenvalue weighted by Crippen LogP contribution is 2.07. The predicted octanol–water partition coefficient (Wildman–Crippen LogP) is 2.63. The van der Waals surface area contributed by atoms with Gasteiger partial charge in [-0.1, -0.05) is 43.0 Å². The lowest BCUT2D eigenvalue weighted by atomic mass is 10.1. The summed E-state index contributed by atoms with van der Waals surface area (Å²) < 4.78 is 0. The SMILES string of the molecule is C=CN(Cc1ccccn1)CC(O)Cc1ccccc1. The van der Waals surface area contributed by atoms with Crippen molar-refractivity contribution in [1.82, 2.24) is 9.88 Å². The molecule has 104 valence electrons. The van der Waals surface area contributed by atoms with Crippen LogP contribution in [-0.4, -0.2) is 27.6 Å². The number of aliphatic hydroxyl groups is 1. The summed E-state index contributed by atoms with van der Waals surface area (Å²) in [5, 5.41) is 10.2. The highest BCUT2D eigenvalue weighted by atomic mass is 16.3. The van der Waals surface area contributed by atoms with Gasteiger partial charge in [0, 0.05) is 19.2 Å². The third-order valence-electron chi connectivity index (χ3n) is 3.11. The maximum Gasteiger partial charge on any atom is 0.0755 e. The first-order chi connectivity index (χ1) is 9.78. The number of aliphatic hydroxyl groups excluding tert-OH is 1. The number of hydrogen-bond acceptors (Lipinski definition) is 3. The van der Waals surface area contributed by atoms with Gasteiger partial charge in [-0.15, -0.1) is 0 Å². The summed E-state index contributed by atoms with van der Waals surface area (Å²) in [6.07, 6.45) is 3.76. The molecular formula is C17H20N2O. The number of benzene rings is 1. The maximum absolute atomic E-state index is 10.2. The lowest BCUT2D eigenvalue weighted by Gasteiger charge is -2.23. The Bertz CT molecular complexity index is 513. The molecule has 1 aromatic heterocycles. The van der Waals surface area contributed by atoms with Crippen molar-refractivity contribution in [3.05, 3.63) is 78.8 Å². The minimum atomic E-state index is -0.417. The van der Waals surface area contributed by atoms with E-state index in [0.717, 1.165) is 11.3 Å². The second-order valence-electron chi connectivity index (χ2n) is 4.78. The van der Waals surface area contributed by atoms with Crippen molar-refractivity contribution >= 4 is 0 Å². The van der Waals surface area contributed by atoms with Crippen LogP contribution >= 0.6 is 0 Å². The molecule has 1 unspecified atom stereocenters. The van der Waals surface area contributed by atoms with Crippen LogP contribution in [0, 0.1) is 0 Å². The molecule has 3 heteroatoms. The van der Waals surface area contributed by atoms with Crippen LogP contribution in [0.4, 0.5) is 0 Å². The molecule has 0 aliphatic carbocycles. The molecule has 1 aromatic carbocycles. The molecular weight excluding hydrogens is 248 g/mol.